The van der Waals surface area contributed by atoms with Gasteiger partial charge in [-0.2, -0.15) is 0 Å². The van der Waals surface area contributed by atoms with E-state index in [0.717, 1.165) is 11.3 Å². The highest BCUT2D eigenvalue weighted by Crippen LogP contribution is 2.28. The molecule has 9 heteroatoms. The largest absolute Gasteiger partial charge is 0.491 e. The Kier molecular flexibility index (Phi) is 7.34. The molecule has 0 fully saturated rings. The molecule has 1 N–H and O–H groups in total. The highest BCUT2D eigenvalue weighted by atomic mass is 32.2. The average molecular weight is 414 g/mol. The van der Waals surface area contributed by atoms with Gasteiger partial charge >= 0.3 is 0 Å². The number of hydrogen-bond acceptors (Lipinski definition) is 7. The molecule has 0 spiro atoms. The zero-order valence-electron chi connectivity index (χ0n) is 15.7. The molecule has 0 saturated carbocycles. The quantitative estimate of drug-likeness (QED) is 0.425. The predicted molar refractivity (Wildman–Crippen MR) is 106 cm³/mol. The first kappa shape index (κ1) is 20.5. The van der Waals surface area contributed by atoms with Crippen LogP contribution in [0.5, 0.6) is 11.5 Å². The smallest absolute Gasteiger partial charge is 0.258 e. The monoisotopic (exact) mass is 414 g/mol. The zero-order valence-corrected chi connectivity index (χ0v) is 16.5. The second-order valence-electron chi connectivity index (χ2n) is 5.84. The number of amides is 1. The summed E-state index contributed by atoms with van der Waals surface area (Å²) in [6.07, 6.45) is 4.90. The average Bonchev–Trinajstić information content (AvgIpc) is 2.76. The van der Waals surface area contributed by atoms with Crippen molar-refractivity contribution in [2.45, 2.75) is 17.5 Å². The zero-order chi connectivity index (χ0) is 20.5. The van der Waals surface area contributed by atoms with Gasteiger partial charge in [-0.1, -0.05) is 23.9 Å². The van der Waals surface area contributed by atoms with Gasteiger partial charge in [0, 0.05) is 30.8 Å². The normalized spacial score (nSPS) is 10.4. The fourth-order valence-corrected chi connectivity index (χ4v) is 3.01. The number of carbonyl (C=O) groups excluding carboxylic acids is 1. The molecular formula is C20H19FN4O3S. The van der Waals surface area contributed by atoms with Gasteiger partial charge < -0.3 is 14.8 Å². The topological polar surface area (TPSA) is 86.2 Å². The van der Waals surface area contributed by atoms with Crippen LogP contribution >= 0.6 is 11.8 Å². The summed E-state index contributed by atoms with van der Waals surface area (Å²) in [4.78, 5) is 24.7. The number of benzene rings is 1. The van der Waals surface area contributed by atoms with Crippen LogP contribution in [0.3, 0.4) is 0 Å². The standard InChI is InChI=1S/C20H19FN4O3S/c1-27-18-11-24-16(13-29-20-22-7-2-8-23-20)9-17(18)28-12-19(26)25-10-14-3-5-15(21)6-4-14/h2-9,11H,10,12-13H2,1H3,(H,25,26). The molecule has 1 amide bonds. The third kappa shape index (κ3) is 6.42. The Hall–Kier alpha value is -3.20. The van der Waals surface area contributed by atoms with E-state index in [1.54, 1.807) is 42.9 Å². The van der Waals surface area contributed by atoms with Gasteiger partial charge in [-0.3, -0.25) is 9.78 Å². The number of thioether (sulfide) groups is 1. The molecule has 1 aromatic carbocycles. The van der Waals surface area contributed by atoms with E-state index in [2.05, 4.69) is 20.3 Å². The van der Waals surface area contributed by atoms with Crippen LogP contribution < -0.4 is 14.8 Å². The van der Waals surface area contributed by atoms with E-state index in [4.69, 9.17) is 9.47 Å². The van der Waals surface area contributed by atoms with Crippen LogP contribution in [0.25, 0.3) is 0 Å². The van der Waals surface area contributed by atoms with Crippen molar-refractivity contribution in [1.82, 2.24) is 20.3 Å². The molecule has 0 aliphatic carbocycles. The lowest BCUT2D eigenvalue weighted by atomic mass is 10.2. The van der Waals surface area contributed by atoms with Crippen LogP contribution in [0, 0.1) is 5.82 Å². The van der Waals surface area contributed by atoms with E-state index in [0.29, 0.717) is 22.4 Å². The lowest BCUT2D eigenvalue weighted by Gasteiger charge is -2.12. The molecule has 0 bridgehead atoms. The van der Waals surface area contributed by atoms with E-state index in [1.165, 1.54) is 31.0 Å². The summed E-state index contributed by atoms with van der Waals surface area (Å²) in [5.74, 6) is 0.772. The van der Waals surface area contributed by atoms with Gasteiger partial charge in [0.25, 0.3) is 5.91 Å². The molecule has 0 atom stereocenters. The van der Waals surface area contributed by atoms with Gasteiger partial charge in [0.05, 0.1) is 19.0 Å². The maximum absolute atomic E-state index is 12.9. The van der Waals surface area contributed by atoms with Crippen molar-refractivity contribution in [2.75, 3.05) is 13.7 Å². The van der Waals surface area contributed by atoms with Crippen LogP contribution in [0.4, 0.5) is 4.39 Å². The molecule has 3 rings (SSSR count). The highest BCUT2D eigenvalue weighted by molar-refractivity contribution is 7.98. The number of hydrogen-bond donors (Lipinski definition) is 1. The van der Waals surface area contributed by atoms with Crippen molar-refractivity contribution in [3.05, 3.63) is 72.1 Å². The molecule has 0 unspecified atom stereocenters. The van der Waals surface area contributed by atoms with E-state index >= 15 is 0 Å². The summed E-state index contributed by atoms with van der Waals surface area (Å²) in [5.41, 5.74) is 1.54. The van der Waals surface area contributed by atoms with Crippen molar-refractivity contribution >= 4 is 17.7 Å². The van der Waals surface area contributed by atoms with Crippen molar-refractivity contribution in [3.8, 4) is 11.5 Å². The molecule has 0 saturated heterocycles. The lowest BCUT2D eigenvalue weighted by molar-refractivity contribution is -0.123. The number of nitrogens with one attached hydrogen (secondary N) is 1. The molecule has 3 aromatic rings. The van der Waals surface area contributed by atoms with Gasteiger partial charge in [0.1, 0.15) is 5.82 Å². The van der Waals surface area contributed by atoms with Crippen molar-refractivity contribution < 1.29 is 18.7 Å². The van der Waals surface area contributed by atoms with Gasteiger partial charge in [-0.05, 0) is 23.8 Å². The lowest BCUT2D eigenvalue weighted by Crippen LogP contribution is -2.28. The van der Waals surface area contributed by atoms with E-state index in [1.807, 2.05) is 0 Å². The van der Waals surface area contributed by atoms with Gasteiger partial charge in [-0.15, -0.1) is 0 Å². The van der Waals surface area contributed by atoms with Crippen LogP contribution in [0.2, 0.25) is 0 Å². The number of carbonyl (C=O) groups is 1. The van der Waals surface area contributed by atoms with Crippen molar-refractivity contribution in [1.29, 1.82) is 0 Å². The minimum atomic E-state index is -0.319. The Labute approximate surface area is 171 Å². The molecule has 29 heavy (non-hydrogen) atoms. The maximum Gasteiger partial charge on any atom is 0.258 e. The molecule has 0 aliphatic heterocycles. The SMILES string of the molecule is COc1cnc(CSc2ncccn2)cc1OCC(=O)NCc1ccc(F)cc1. The molecule has 7 nitrogen and oxygen atoms in total. The van der Waals surface area contributed by atoms with Crippen LogP contribution in [0.15, 0.2) is 60.1 Å². The van der Waals surface area contributed by atoms with Crippen LogP contribution in [-0.2, 0) is 17.1 Å². The summed E-state index contributed by atoms with van der Waals surface area (Å²) in [6.45, 7) is 0.102. The molecule has 2 heterocycles. The van der Waals surface area contributed by atoms with Crippen LogP contribution in [0.1, 0.15) is 11.3 Å². The van der Waals surface area contributed by atoms with E-state index in [9.17, 15) is 9.18 Å². The van der Waals surface area contributed by atoms with E-state index < -0.39 is 0 Å². The van der Waals surface area contributed by atoms with Crippen molar-refractivity contribution in [2.24, 2.45) is 0 Å². The fraction of sp³-hybridized carbons (Fsp3) is 0.200. The van der Waals surface area contributed by atoms with Gasteiger partial charge in [-0.25, -0.2) is 14.4 Å². The van der Waals surface area contributed by atoms with Crippen molar-refractivity contribution in [3.63, 3.8) is 0 Å². The fourth-order valence-electron chi connectivity index (χ4n) is 2.31. The second kappa shape index (κ2) is 10.4. The number of rotatable bonds is 9. The van der Waals surface area contributed by atoms with Crippen LogP contribution in [-0.4, -0.2) is 34.6 Å². The summed E-state index contributed by atoms with van der Waals surface area (Å²) in [6, 6.07) is 9.40. The Balaban J connectivity index is 1.54. The Bertz CT molecular complexity index is 942. The Morgan fingerprint density at radius 2 is 1.90 bits per heavy atom. The molecule has 0 aliphatic rings. The number of methoxy groups -OCH3 is 1. The first-order valence-corrected chi connectivity index (χ1v) is 9.69. The molecule has 0 radical (unpaired) electrons. The number of nitrogens with zero attached hydrogens (tertiary/aromatic N) is 3. The number of aromatic nitrogens is 3. The molecular weight excluding hydrogens is 395 g/mol. The summed E-state index contributed by atoms with van der Waals surface area (Å²) < 4.78 is 23.8. The number of ether oxygens (including phenoxy) is 2. The Morgan fingerprint density at radius 3 is 2.62 bits per heavy atom. The first-order chi connectivity index (χ1) is 14.1. The Morgan fingerprint density at radius 1 is 1.14 bits per heavy atom. The number of halogens is 1. The second-order valence-corrected chi connectivity index (χ2v) is 6.78. The van der Waals surface area contributed by atoms with Gasteiger partial charge in [0.15, 0.2) is 23.3 Å². The highest BCUT2D eigenvalue weighted by Gasteiger charge is 2.11. The van der Waals surface area contributed by atoms with Gasteiger partial charge in [0.2, 0.25) is 0 Å². The third-order valence-corrected chi connectivity index (χ3v) is 4.67. The predicted octanol–water partition coefficient (Wildman–Crippen LogP) is 3.01. The summed E-state index contributed by atoms with van der Waals surface area (Å²) in [7, 11) is 1.50. The van der Waals surface area contributed by atoms with E-state index in [-0.39, 0.29) is 24.9 Å². The molecule has 150 valence electrons. The number of pyridine rings is 1. The third-order valence-electron chi connectivity index (χ3n) is 3.76. The summed E-state index contributed by atoms with van der Waals surface area (Å²) in [5, 5.41) is 3.37. The first-order valence-electron chi connectivity index (χ1n) is 8.70. The summed E-state index contributed by atoms with van der Waals surface area (Å²) >= 11 is 1.44. The maximum atomic E-state index is 12.9. The molecule has 2 aromatic heterocycles. The minimum Gasteiger partial charge on any atom is -0.491 e. The minimum absolute atomic E-state index is 0.185.